The number of aromatic nitrogens is 2. The fraction of sp³-hybridized carbons (Fsp3) is 0.400. The molecule has 2 aromatic rings. The first-order chi connectivity index (χ1) is 10.6. The van der Waals surface area contributed by atoms with E-state index in [0.717, 1.165) is 0 Å². The summed E-state index contributed by atoms with van der Waals surface area (Å²) in [6.45, 7) is 4.86. The first-order valence-electron chi connectivity index (χ1n) is 7.09. The number of carbonyl (C=O) groups excluding carboxylic acids is 1. The number of aryl methyl sites for hydroxylation is 1. The molecule has 0 bridgehead atoms. The molecule has 2 rings (SSSR count). The summed E-state index contributed by atoms with van der Waals surface area (Å²) in [4.78, 5) is 16.3. The van der Waals surface area contributed by atoms with Crippen molar-refractivity contribution in [1.82, 2.24) is 15.5 Å². The fourth-order valence-electron chi connectivity index (χ4n) is 1.77. The zero-order chi connectivity index (χ0) is 15.9. The van der Waals surface area contributed by atoms with E-state index in [2.05, 4.69) is 15.5 Å². The number of hydrogen-bond donors (Lipinski definition) is 2. The molecule has 23 heavy (non-hydrogen) atoms. The van der Waals surface area contributed by atoms with Gasteiger partial charge in [0.25, 0.3) is 5.91 Å². The highest BCUT2D eigenvalue weighted by atomic mass is 35.5. The van der Waals surface area contributed by atoms with Crippen molar-refractivity contribution in [2.24, 2.45) is 11.7 Å². The fourth-order valence-corrected chi connectivity index (χ4v) is 1.77. The first-order valence-corrected chi connectivity index (χ1v) is 7.09. The molecule has 0 aliphatic rings. The Balaban J connectivity index is 0.00000264. The second kappa shape index (κ2) is 9.12. The topological polar surface area (TPSA) is 103 Å². The van der Waals surface area contributed by atoms with Crippen molar-refractivity contribution >= 4 is 18.3 Å². The van der Waals surface area contributed by atoms with E-state index in [1.165, 1.54) is 0 Å². The van der Waals surface area contributed by atoms with Crippen LogP contribution in [0.15, 0.2) is 28.8 Å². The lowest BCUT2D eigenvalue weighted by Gasteiger charge is -2.12. The summed E-state index contributed by atoms with van der Waals surface area (Å²) in [5.74, 6) is 1.41. The number of hydrogen-bond acceptors (Lipinski definition) is 6. The third-order valence-electron chi connectivity index (χ3n) is 3.07. The molecule has 1 aromatic heterocycles. The van der Waals surface area contributed by atoms with Crippen LogP contribution >= 0.6 is 12.4 Å². The van der Waals surface area contributed by atoms with E-state index >= 15 is 0 Å². The summed E-state index contributed by atoms with van der Waals surface area (Å²) in [6.07, 6.45) is 0. The predicted molar refractivity (Wildman–Crippen MR) is 87.6 cm³/mol. The zero-order valence-electron chi connectivity index (χ0n) is 13.1. The van der Waals surface area contributed by atoms with Crippen molar-refractivity contribution in [1.29, 1.82) is 0 Å². The minimum atomic E-state index is -0.194. The van der Waals surface area contributed by atoms with Crippen LogP contribution in [-0.2, 0) is 6.61 Å². The van der Waals surface area contributed by atoms with Crippen LogP contribution in [-0.4, -0.2) is 29.1 Å². The molecule has 1 aromatic carbocycles. The number of nitrogens with zero attached hydrogens (tertiary/aromatic N) is 2. The first kappa shape index (κ1) is 18.9. The maximum absolute atomic E-state index is 12.2. The molecule has 1 atom stereocenters. The van der Waals surface area contributed by atoms with Gasteiger partial charge in [0.15, 0.2) is 6.61 Å². The van der Waals surface area contributed by atoms with Crippen molar-refractivity contribution in [3.63, 3.8) is 0 Å². The smallest absolute Gasteiger partial charge is 0.255 e. The van der Waals surface area contributed by atoms with Crippen LogP contribution in [0.4, 0.5) is 0 Å². The van der Waals surface area contributed by atoms with Crippen LogP contribution in [0.2, 0.25) is 0 Å². The SMILES string of the molecule is Cc1nc(COc2ccccc2C(=O)NCC(C)CN)no1.Cl. The number of benzene rings is 1. The van der Waals surface area contributed by atoms with E-state index < -0.39 is 0 Å². The molecular formula is C15H21ClN4O3. The number of nitrogens with two attached hydrogens (primary N) is 1. The van der Waals surface area contributed by atoms with Crippen molar-refractivity contribution in [3.8, 4) is 5.75 Å². The monoisotopic (exact) mass is 340 g/mol. The molecule has 0 aliphatic heterocycles. The van der Waals surface area contributed by atoms with Crippen molar-refractivity contribution in [2.75, 3.05) is 13.1 Å². The molecule has 1 amide bonds. The van der Waals surface area contributed by atoms with E-state index in [-0.39, 0.29) is 30.8 Å². The summed E-state index contributed by atoms with van der Waals surface area (Å²) in [5, 5.41) is 6.59. The molecule has 0 fully saturated rings. The third-order valence-corrected chi connectivity index (χ3v) is 3.07. The van der Waals surface area contributed by atoms with Crippen LogP contribution in [0.25, 0.3) is 0 Å². The van der Waals surface area contributed by atoms with E-state index in [9.17, 15) is 4.79 Å². The van der Waals surface area contributed by atoms with Gasteiger partial charge in [-0.15, -0.1) is 12.4 Å². The Kier molecular flexibility index (Phi) is 7.50. The second-order valence-corrected chi connectivity index (χ2v) is 5.07. The van der Waals surface area contributed by atoms with Gasteiger partial charge in [0, 0.05) is 13.5 Å². The highest BCUT2D eigenvalue weighted by Gasteiger charge is 2.13. The number of rotatable bonds is 7. The number of amides is 1. The van der Waals surface area contributed by atoms with Crippen LogP contribution < -0.4 is 15.8 Å². The van der Waals surface area contributed by atoms with Gasteiger partial charge in [-0.25, -0.2) is 0 Å². The minimum Gasteiger partial charge on any atom is -0.485 e. The second-order valence-electron chi connectivity index (χ2n) is 5.07. The number of halogens is 1. The average molecular weight is 341 g/mol. The number of ether oxygens (including phenoxy) is 1. The quantitative estimate of drug-likeness (QED) is 0.795. The summed E-state index contributed by atoms with van der Waals surface area (Å²) in [6, 6.07) is 7.02. The molecule has 1 unspecified atom stereocenters. The largest absolute Gasteiger partial charge is 0.485 e. The summed E-state index contributed by atoms with van der Waals surface area (Å²) in [5.41, 5.74) is 6.01. The molecule has 0 aliphatic carbocycles. The Labute approximate surface area is 141 Å². The lowest BCUT2D eigenvalue weighted by molar-refractivity contribution is 0.0944. The van der Waals surface area contributed by atoms with Crippen molar-refractivity contribution in [2.45, 2.75) is 20.5 Å². The average Bonchev–Trinajstić information content (AvgIpc) is 2.96. The molecular weight excluding hydrogens is 320 g/mol. The molecule has 0 spiro atoms. The zero-order valence-corrected chi connectivity index (χ0v) is 13.9. The Morgan fingerprint density at radius 3 is 2.83 bits per heavy atom. The van der Waals surface area contributed by atoms with Gasteiger partial charge in [-0.05, 0) is 24.6 Å². The third kappa shape index (κ3) is 5.54. The summed E-state index contributed by atoms with van der Waals surface area (Å²) in [7, 11) is 0. The molecule has 0 saturated carbocycles. The lowest BCUT2D eigenvalue weighted by Crippen LogP contribution is -2.31. The molecule has 8 heteroatoms. The Bertz CT molecular complexity index is 633. The molecule has 3 N–H and O–H groups in total. The van der Waals surface area contributed by atoms with Gasteiger partial charge in [-0.2, -0.15) is 4.98 Å². The van der Waals surface area contributed by atoms with Gasteiger partial charge in [-0.1, -0.05) is 24.2 Å². The van der Waals surface area contributed by atoms with Gasteiger partial charge in [0.2, 0.25) is 11.7 Å². The predicted octanol–water partition coefficient (Wildman–Crippen LogP) is 1.70. The van der Waals surface area contributed by atoms with Crippen molar-refractivity contribution in [3.05, 3.63) is 41.5 Å². The normalized spacial score (nSPS) is 11.4. The van der Waals surface area contributed by atoms with E-state index in [1.54, 1.807) is 31.2 Å². The molecule has 126 valence electrons. The summed E-state index contributed by atoms with van der Waals surface area (Å²) < 4.78 is 10.5. The molecule has 0 radical (unpaired) electrons. The lowest BCUT2D eigenvalue weighted by atomic mass is 10.1. The van der Waals surface area contributed by atoms with E-state index in [1.807, 2.05) is 6.92 Å². The Hall–Kier alpha value is -2.12. The maximum atomic E-state index is 12.2. The maximum Gasteiger partial charge on any atom is 0.255 e. The molecule has 7 nitrogen and oxygen atoms in total. The highest BCUT2D eigenvalue weighted by molar-refractivity contribution is 5.96. The van der Waals surface area contributed by atoms with Gasteiger partial charge < -0.3 is 20.3 Å². The number of carbonyl (C=O) groups is 1. The molecule has 1 heterocycles. The van der Waals surface area contributed by atoms with Gasteiger partial charge in [-0.3, -0.25) is 4.79 Å². The van der Waals surface area contributed by atoms with E-state index in [4.69, 9.17) is 15.0 Å². The Morgan fingerprint density at radius 2 is 2.17 bits per heavy atom. The Morgan fingerprint density at radius 1 is 1.43 bits per heavy atom. The van der Waals surface area contributed by atoms with Crippen LogP contribution in [0.1, 0.15) is 29.0 Å². The van der Waals surface area contributed by atoms with Crippen LogP contribution in [0.3, 0.4) is 0 Å². The van der Waals surface area contributed by atoms with Gasteiger partial charge >= 0.3 is 0 Å². The highest BCUT2D eigenvalue weighted by Crippen LogP contribution is 2.19. The standard InChI is InChI=1S/C15H20N4O3.ClH/c1-10(7-16)8-17-15(20)12-5-3-4-6-13(12)21-9-14-18-11(2)22-19-14;/h3-6,10H,7-9,16H2,1-2H3,(H,17,20);1H. The minimum absolute atomic E-state index is 0. The van der Waals surface area contributed by atoms with Gasteiger partial charge in [0.05, 0.1) is 5.56 Å². The van der Waals surface area contributed by atoms with Crippen LogP contribution in [0, 0.1) is 12.8 Å². The number of nitrogens with one attached hydrogen (secondary N) is 1. The molecule has 0 saturated heterocycles. The van der Waals surface area contributed by atoms with E-state index in [0.29, 0.717) is 36.1 Å². The van der Waals surface area contributed by atoms with Crippen molar-refractivity contribution < 1.29 is 14.1 Å². The summed E-state index contributed by atoms with van der Waals surface area (Å²) >= 11 is 0. The number of para-hydroxylation sites is 1. The van der Waals surface area contributed by atoms with Crippen LogP contribution in [0.5, 0.6) is 5.75 Å². The van der Waals surface area contributed by atoms with Gasteiger partial charge in [0.1, 0.15) is 5.75 Å².